The molecule has 1 heterocycles. The fourth-order valence-corrected chi connectivity index (χ4v) is 3.10. The summed E-state index contributed by atoms with van der Waals surface area (Å²) >= 11 is 0. The van der Waals surface area contributed by atoms with Gasteiger partial charge in [-0.2, -0.15) is 0 Å². The van der Waals surface area contributed by atoms with Gasteiger partial charge in [0.05, 0.1) is 12.0 Å². The molecule has 1 aromatic rings. The van der Waals surface area contributed by atoms with Crippen LogP contribution in [0.5, 0.6) is 0 Å². The van der Waals surface area contributed by atoms with E-state index < -0.39 is 11.5 Å². The molecular formula is C14H18N2O4. The fourth-order valence-electron chi connectivity index (χ4n) is 3.10. The van der Waals surface area contributed by atoms with Crippen molar-refractivity contribution in [1.82, 2.24) is 10.5 Å². The van der Waals surface area contributed by atoms with E-state index in [2.05, 4.69) is 10.5 Å². The van der Waals surface area contributed by atoms with Crippen molar-refractivity contribution in [2.75, 3.05) is 0 Å². The third-order valence-electron chi connectivity index (χ3n) is 4.34. The van der Waals surface area contributed by atoms with Crippen LogP contribution in [0.2, 0.25) is 0 Å². The lowest BCUT2D eigenvalue weighted by atomic mass is 9.74. The number of aromatic nitrogens is 1. The topological polar surface area (TPSA) is 92.4 Å². The number of amides is 1. The van der Waals surface area contributed by atoms with Crippen LogP contribution in [0.1, 0.15) is 60.3 Å². The average Bonchev–Trinajstić information content (AvgIpc) is 2.79. The quantitative estimate of drug-likeness (QED) is 0.874. The first kappa shape index (κ1) is 13.1. The maximum absolute atomic E-state index is 12.3. The van der Waals surface area contributed by atoms with Crippen LogP contribution in [-0.2, 0) is 17.6 Å². The Morgan fingerprint density at radius 2 is 2.00 bits per heavy atom. The highest BCUT2D eigenvalue weighted by atomic mass is 16.5. The number of carboxylic acid groups (broad SMARTS) is 1. The molecule has 0 bridgehead atoms. The first-order valence-corrected chi connectivity index (χ1v) is 7.11. The van der Waals surface area contributed by atoms with Crippen molar-refractivity contribution in [2.45, 2.75) is 56.9 Å². The number of carbonyl (C=O) groups excluding carboxylic acids is 1. The van der Waals surface area contributed by atoms with E-state index in [1.165, 1.54) is 0 Å². The molecule has 1 saturated carbocycles. The summed E-state index contributed by atoms with van der Waals surface area (Å²) in [5.41, 5.74) is 0.651. The molecule has 2 aliphatic rings. The Balaban J connectivity index is 1.76. The lowest BCUT2D eigenvalue weighted by Gasteiger charge is -2.41. The van der Waals surface area contributed by atoms with Crippen molar-refractivity contribution in [3.05, 3.63) is 17.0 Å². The Kier molecular flexibility index (Phi) is 3.23. The number of rotatable bonds is 4. The molecule has 6 heteroatoms. The van der Waals surface area contributed by atoms with Gasteiger partial charge in [-0.15, -0.1) is 0 Å². The Labute approximate surface area is 116 Å². The van der Waals surface area contributed by atoms with Gasteiger partial charge in [0.2, 0.25) is 0 Å². The second-order valence-corrected chi connectivity index (χ2v) is 5.80. The Morgan fingerprint density at radius 1 is 1.25 bits per heavy atom. The Hall–Kier alpha value is -1.85. The molecule has 0 saturated heterocycles. The van der Waals surface area contributed by atoms with Crippen LogP contribution >= 0.6 is 0 Å². The highest BCUT2D eigenvalue weighted by Crippen LogP contribution is 2.35. The summed E-state index contributed by atoms with van der Waals surface area (Å²) in [7, 11) is 0. The SMILES string of the molecule is O=C(O)CC1(NC(=O)c2noc3c2CCCC3)CCC1. The Morgan fingerprint density at radius 3 is 2.65 bits per heavy atom. The van der Waals surface area contributed by atoms with Gasteiger partial charge in [-0.3, -0.25) is 9.59 Å². The molecule has 2 aliphatic carbocycles. The molecule has 1 fully saturated rings. The van der Waals surface area contributed by atoms with Crippen molar-refractivity contribution < 1.29 is 19.2 Å². The molecule has 0 radical (unpaired) electrons. The zero-order chi connectivity index (χ0) is 14.2. The Bertz CT molecular complexity index is 545. The summed E-state index contributed by atoms with van der Waals surface area (Å²) in [6.07, 6.45) is 6.09. The van der Waals surface area contributed by atoms with Crippen molar-refractivity contribution in [2.24, 2.45) is 0 Å². The number of nitrogens with one attached hydrogen (secondary N) is 1. The largest absolute Gasteiger partial charge is 0.481 e. The summed E-state index contributed by atoms with van der Waals surface area (Å²) < 4.78 is 5.23. The van der Waals surface area contributed by atoms with Crippen LogP contribution in [0.3, 0.4) is 0 Å². The second kappa shape index (κ2) is 4.92. The second-order valence-electron chi connectivity index (χ2n) is 5.80. The summed E-state index contributed by atoms with van der Waals surface area (Å²) in [5, 5.41) is 15.7. The van der Waals surface area contributed by atoms with Gasteiger partial charge in [0, 0.05) is 12.0 Å². The van der Waals surface area contributed by atoms with Crippen molar-refractivity contribution in [3.63, 3.8) is 0 Å². The zero-order valence-electron chi connectivity index (χ0n) is 11.3. The van der Waals surface area contributed by atoms with Gasteiger partial charge >= 0.3 is 5.97 Å². The smallest absolute Gasteiger partial charge is 0.305 e. The molecule has 6 nitrogen and oxygen atoms in total. The number of carbonyl (C=O) groups is 2. The molecule has 0 aromatic carbocycles. The molecule has 2 N–H and O–H groups in total. The molecule has 3 rings (SSSR count). The number of aryl methyl sites for hydroxylation is 1. The van der Waals surface area contributed by atoms with E-state index in [0.29, 0.717) is 18.5 Å². The normalized spacial score (nSPS) is 19.8. The molecule has 0 aliphatic heterocycles. The number of fused-ring (bicyclic) bond motifs is 1. The molecule has 0 spiro atoms. The summed E-state index contributed by atoms with van der Waals surface area (Å²) in [4.78, 5) is 23.3. The zero-order valence-corrected chi connectivity index (χ0v) is 11.3. The van der Waals surface area contributed by atoms with E-state index in [-0.39, 0.29) is 12.3 Å². The summed E-state index contributed by atoms with van der Waals surface area (Å²) in [6.45, 7) is 0. The van der Waals surface area contributed by atoms with Gasteiger partial charge < -0.3 is 14.9 Å². The van der Waals surface area contributed by atoms with Gasteiger partial charge in [-0.05, 0) is 38.5 Å². The molecule has 20 heavy (non-hydrogen) atoms. The lowest BCUT2D eigenvalue weighted by molar-refractivity contribution is -0.139. The number of aliphatic carboxylic acids is 1. The van der Waals surface area contributed by atoms with Gasteiger partial charge in [-0.25, -0.2) is 0 Å². The van der Waals surface area contributed by atoms with Crippen molar-refractivity contribution in [1.29, 1.82) is 0 Å². The van der Waals surface area contributed by atoms with Crippen molar-refractivity contribution >= 4 is 11.9 Å². The number of hydrogen-bond acceptors (Lipinski definition) is 4. The van der Waals surface area contributed by atoms with Crippen LogP contribution < -0.4 is 5.32 Å². The number of nitrogens with zero attached hydrogens (tertiary/aromatic N) is 1. The minimum atomic E-state index is -0.882. The van der Waals surface area contributed by atoms with Crippen LogP contribution in [0.25, 0.3) is 0 Å². The average molecular weight is 278 g/mol. The molecule has 1 aromatic heterocycles. The maximum atomic E-state index is 12.3. The van der Waals surface area contributed by atoms with E-state index in [1.54, 1.807) is 0 Å². The maximum Gasteiger partial charge on any atom is 0.305 e. The van der Waals surface area contributed by atoms with Crippen LogP contribution in [-0.4, -0.2) is 27.7 Å². The molecule has 0 atom stereocenters. The third kappa shape index (κ3) is 2.30. The summed E-state index contributed by atoms with van der Waals surface area (Å²) in [5.74, 6) is -0.368. The van der Waals surface area contributed by atoms with E-state index in [9.17, 15) is 9.59 Å². The first-order valence-electron chi connectivity index (χ1n) is 7.11. The first-order chi connectivity index (χ1) is 9.60. The lowest BCUT2D eigenvalue weighted by Crippen LogP contribution is -2.54. The van der Waals surface area contributed by atoms with Crippen LogP contribution in [0, 0.1) is 0 Å². The van der Waals surface area contributed by atoms with Gasteiger partial charge in [0.15, 0.2) is 5.69 Å². The van der Waals surface area contributed by atoms with Crippen molar-refractivity contribution in [3.8, 4) is 0 Å². The monoisotopic (exact) mass is 278 g/mol. The van der Waals surface area contributed by atoms with E-state index in [0.717, 1.165) is 43.4 Å². The standard InChI is InChI=1S/C14H18N2O4/c17-11(18)8-14(6-3-7-14)15-13(19)12-9-4-1-2-5-10(9)20-16-12/h1-8H2,(H,15,19)(H,17,18). The molecule has 108 valence electrons. The summed E-state index contributed by atoms with van der Waals surface area (Å²) in [6, 6.07) is 0. The highest BCUT2D eigenvalue weighted by Gasteiger charge is 2.41. The van der Waals surface area contributed by atoms with Crippen LogP contribution in [0.4, 0.5) is 0 Å². The van der Waals surface area contributed by atoms with Gasteiger partial charge in [0.1, 0.15) is 5.76 Å². The predicted molar refractivity (Wildman–Crippen MR) is 69.4 cm³/mol. The van der Waals surface area contributed by atoms with E-state index >= 15 is 0 Å². The minimum absolute atomic E-state index is 0.0290. The molecule has 0 unspecified atom stereocenters. The third-order valence-corrected chi connectivity index (χ3v) is 4.34. The minimum Gasteiger partial charge on any atom is -0.481 e. The fraction of sp³-hybridized carbons (Fsp3) is 0.643. The highest BCUT2D eigenvalue weighted by molar-refractivity contribution is 5.94. The molecule has 1 amide bonds. The molecular weight excluding hydrogens is 260 g/mol. The van der Waals surface area contributed by atoms with Gasteiger partial charge in [0.25, 0.3) is 5.91 Å². The predicted octanol–water partition coefficient (Wildman–Crippen LogP) is 1.68. The number of hydrogen-bond donors (Lipinski definition) is 2. The van der Waals surface area contributed by atoms with Gasteiger partial charge in [-0.1, -0.05) is 5.16 Å². The number of carboxylic acids is 1. The van der Waals surface area contributed by atoms with E-state index in [1.807, 2.05) is 0 Å². The van der Waals surface area contributed by atoms with E-state index in [4.69, 9.17) is 9.63 Å². The van der Waals surface area contributed by atoms with Crippen LogP contribution in [0.15, 0.2) is 4.52 Å².